The summed E-state index contributed by atoms with van der Waals surface area (Å²) in [7, 11) is 2.05. The zero-order valence-electron chi connectivity index (χ0n) is 7.90. The molecular formula is C7H12N6O. The average Bonchev–Trinajstić information content (AvgIpc) is 2.62. The summed E-state index contributed by atoms with van der Waals surface area (Å²) in [6, 6.07) is 0. The molecule has 1 amide bonds. The molecule has 0 radical (unpaired) electrons. The smallest absolute Gasteiger partial charge is 0.292 e. The van der Waals surface area contributed by atoms with E-state index >= 15 is 0 Å². The average molecular weight is 196 g/mol. The van der Waals surface area contributed by atoms with Crippen LogP contribution >= 0.6 is 0 Å². The highest BCUT2D eigenvalue weighted by atomic mass is 16.2. The molecule has 1 aromatic rings. The number of rotatable bonds is 3. The lowest BCUT2D eigenvalue weighted by atomic mass is 10.0. The van der Waals surface area contributed by atoms with E-state index in [4.69, 9.17) is 0 Å². The van der Waals surface area contributed by atoms with Crippen LogP contribution in [0.25, 0.3) is 0 Å². The van der Waals surface area contributed by atoms with Crippen LogP contribution in [-0.2, 0) is 0 Å². The Kier molecular flexibility index (Phi) is 2.40. The molecule has 0 unspecified atom stereocenters. The normalized spacial score (nSPS) is 17.8. The second kappa shape index (κ2) is 3.70. The van der Waals surface area contributed by atoms with Crippen molar-refractivity contribution in [1.29, 1.82) is 0 Å². The van der Waals surface area contributed by atoms with E-state index in [1.165, 1.54) is 0 Å². The second-order valence-electron chi connectivity index (χ2n) is 3.53. The molecule has 0 spiro atoms. The second-order valence-corrected chi connectivity index (χ2v) is 3.53. The molecule has 7 heteroatoms. The summed E-state index contributed by atoms with van der Waals surface area (Å²) >= 11 is 0. The molecule has 2 N–H and O–H groups in total. The molecule has 1 aliphatic rings. The van der Waals surface area contributed by atoms with Gasteiger partial charge in [0.2, 0.25) is 0 Å². The number of amides is 1. The number of carbonyl (C=O) groups is 1. The fourth-order valence-electron chi connectivity index (χ4n) is 1.53. The Morgan fingerprint density at radius 3 is 3.07 bits per heavy atom. The Balaban J connectivity index is 1.74. The number of likely N-dealkylation sites (tertiary alicyclic amines) is 1. The van der Waals surface area contributed by atoms with Crippen molar-refractivity contribution in [3.05, 3.63) is 5.82 Å². The van der Waals surface area contributed by atoms with Crippen LogP contribution in [0.15, 0.2) is 0 Å². The number of H-pyrrole nitrogens is 1. The first-order chi connectivity index (χ1) is 6.75. The summed E-state index contributed by atoms with van der Waals surface area (Å²) in [6.45, 7) is 2.75. The van der Waals surface area contributed by atoms with Gasteiger partial charge in [-0.3, -0.25) is 4.79 Å². The van der Waals surface area contributed by atoms with Gasteiger partial charge >= 0.3 is 0 Å². The van der Waals surface area contributed by atoms with Gasteiger partial charge in [0, 0.05) is 25.6 Å². The van der Waals surface area contributed by atoms with Crippen molar-refractivity contribution < 1.29 is 4.79 Å². The van der Waals surface area contributed by atoms with Crippen LogP contribution < -0.4 is 5.32 Å². The summed E-state index contributed by atoms with van der Waals surface area (Å²) in [6.07, 6.45) is 0. The standard InChI is InChI=1S/C7H12N6O/c1-13-3-5(4-13)2-8-7(14)6-9-11-12-10-6/h5H,2-4H2,1H3,(H,8,14)(H,9,10,11,12). The topological polar surface area (TPSA) is 86.8 Å². The van der Waals surface area contributed by atoms with E-state index in [9.17, 15) is 4.79 Å². The number of nitrogens with zero attached hydrogens (tertiary/aromatic N) is 4. The minimum absolute atomic E-state index is 0.0951. The lowest BCUT2D eigenvalue weighted by Gasteiger charge is -2.36. The molecule has 0 aliphatic carbocycles. The zero-order chi connectivity index (χ0) is 9.97. The van der Waals surface area contributed by atoms with Crippen molar-refractivity contribution in [1.82, 2.24) is 30.8 Å². The van der Waals surface area contributed by atoms with E-state index in [0.717, 1.165) is 13.1 Å². The molecule has 1 aromatic heterocycles. The van der Waals surface area contributed by atoms with Gasteiger partial charge in [-0.2, -0.15) is 5.21 Å². The number of hydrogen-bond donors (Lipinski definition) is 2. The first-order valence-electron chi connectivity index (χ1n) is 4.46. The van der Waals surface area contributed by atoms with Gasteiger partial charge in [-0.05, 0) is 12.3 Å². The van der Waals surface area contributed by atoms with Gasteiger partial charge in [0.05, 0.1) is 0 Å². The Labute approximate surface area is 80.9 Å². The number of aromatic amines is 1. The molecule has 0 bridgehead atoms. The quantitative estimate of drug-likeness (QED) is 0.613. The van der Waals surface area contributed by atoms with Crippen LogP contribution in [-0.4, -0.2) is 58.1 Å². The summed E-state index contributed by atoms with van der Waals surface area (Å²) < 4.78 is 0. The summed E-state index contributed by atoms with van der Waals surface area (Å²) in [5.74, 6) is 0.377. The van der Waals surface area contributed by atoms with Crippen molar-refractivity contribution in [2.45, 2.75) is 0 Å². The first kappa shape index (κ1) is 9.07. The Morgan fingerprint density at radius 1 is 1.71 bits per heavy atom. The zero-order valence-corrected chi connectivity index (χ0v) is 7.90. The molecule has 7 nitrogen and oxygen atoms in total. The molecule has 2 heterocycles. The summed E-state index contributed by atoms with van der Waals surface area (Å²) in [5.41, 5.74) is 0. The summed E-state index contributed by atoms with van der Waals surface area (Å²) in [4.78, 5) is 13.5. The summed E-state index contributed by atoms with van der Waals surface area (Å²) in [5, 5.41) is 15.5. The van der Waals surface area contributed by atoms with Crippen LogP contribution in [0, 0.1) is 5.92 Å². The fourth-order valence-corrected chi connectivity index (χ4v) is 1.53. The van der Waals surface area contributed by atoms with Crippen molar-refractivity contribution >= 4 is 5.91 Å². The van der Waals surface area contributed by atoms with E-state index in [-0.39, 0.29) is 11.7 Å². The van der Waals surface area contributed by atoms with E-state index in [2.05, 4.69) is 37.9 Å². The third-order valence-corrected chi connectivity index (χ3v) is 2.24. The molecule has 0 aromatic carbocycles. The molecule has 1 aliphatic heterocycles. The molecule has 1 fully saturated rings. The van der Waals surface area contributed by atoms with E-state index in [1.54, 1.807) is 0 Å². The third-order valence-electron chi connectivity index (χ3n) is 2.24. The van der Waals surface area contributed by atoms with Crippen LogP contribution in [0.4, 0.5) is 0 Å². The lowest BCUT2D eigenvalue weighted by molar-refractivity contribution is 0.0888. The highest BCUT2D eigenvalue weighted by Gasteiger charge is 2.23. The minimum Gasteiger partial charge on any atom is -0.349 e. The monoisotopic (exact) mass is 196 g/mol. The minimum atomic E-state index is -0.270. The van der Waals surface area contributed by atoms with Crippen LogP contribution in [0.3, 0.4) is 0 Å². The van der Waals surface area contributed by atoms with Crippen molar-refractivity contribution in [2.75, 3.05) is 26.7 Å². The van der Waals surface area contributed by atoms with E-state index in [0.29, 0.717) is 12.5 Å². The van der Waals surface area contributed by atoms with Crippen LogP contribution in [0.1, 0.15) is 10.6 Å². The highest BCUT2D eigenvalue weighted by Crippen LogP contribution is 2.10. The van der Waals surface area contributed by atoms with E-state index < -0.39 is 0 Å². The molecule has 0 saturated carbocycles. The maximum atomic E-state index is 11.3. The number of nitrogens with one attached hydrogen (secondary N) is 2. The Bertz CT molecular complexity index is 304. The molecule has 0 atom stereocenters. The van der Waals surface area contributed by atoms with Gasteiger partial charge in [0.15, 0.2) is 0 Å². The highest BCUT2D eigenvalue weighted by molar-refractivity contribution is 5.89. The van der Waals surface area contributed by atoms with Gasteiger partial charge in [-0.25, -0.2) is 0 Å². The van der Waals surface area contributed by atoms with Crippen molar-refractivity contribution in [2.24, 2.45) is 5.92 Å². The van der Waals surface area contributed by atoms with Crippen LogP contribution in [0.5, 0.6) is 0 Å². The SMILES string of the molecule is CN1CC(CNC(=O)c2nn[nH]n2)C1. The van der Waals surface area contributed by atoms with Crippen LogP contribution in [0.2, 0.25) is 0 Å². The van der Waals surface area contributed by atoms with Gasteiger partial charge < -0.3 is 10.2 Å². The Hall–Kier alpha value is -1.50. The predicted octanol–water partition coefficient (Wildman–Crippen LogP) is -1.51. The van der Waals surface area contributed by atoms with Gasteiger partial charge in [-0.1, -0.05) is 0 Å². The molecule has 76 valence electrons. The molecule has 14 heavy (non-hydrogen) atoms. The maximum absolute atomic E-state index is 11.3. The number of tetrazole rings is 1. The number of carbonyl (C=O) groups excluding carboxylic acids is 1. The molecule has 2 rings (SSSR count). The van der Waals surface area contributed by atoms with Crippen molar-refractivity contribution in [3.8, 4) is 0 Å². The first-order valence-corrected chi connectivity index (χ1v) is 4.46. The molecule has 1 saturated heterocycles. The largest absolute Gasteiger partial charge is 0.349 e. The lowest BCUT2D eigenvalue weighted by Crippen LogP contribution is -2.49. The maximum Gasteiger partial charge on any atom is 0.292 e. The van der Waals surface area contributed by atoms with Gasteiger partial charge in [0.1, 0.15) is 0 Å². The van der Waals surface area contributed by atoms with Gasteiger partial charge in [-0.15, -0.1) is 10.2 Å². The predicted molar refractivity (Wildman–Crippen MR) is 47.5 cm³/mol. The number of aromatic nitrogens is 4. The number of hydrogen-bond acceptors (Lipinski definition) is 5. The third kappa shape index (κ3) is 1.87. The Morgan fingerprint density at radius 2 is 2.50 bits per heavy atom. The molecular weight excluding hydrogens is 184 g/mol. The van der Waals surface area contributed by atoms with Gasteiger partial charge in [0.25, 0.3) is 11.7 Å². The van der Waals surface area contributed by atoms with Crippen molar-refractivity contribution in [3.63, 3.8) is 0 Å². The van der Waals surface area contributed by atoms with E-state index in [1.807, 2.05) is 0 Å². The fraction of sp³-hybridized carbons (Fsp3) is 0.714.